The summed E-state index contributed by atoms with van der Waals surface area (Å²) in [7, 11) is 0. The van der Waals surface area contributed by atoms with Crippen LogP contribution in [-0.4, -0.2) is 25.6 Å². The Balaban J connectivity index is 1.53. The summed E-state index contributed by atoms with van der Waals surface area (Å²) in [5, 5.41) is 0. The Morgan fingerprint density at radius 1 is 0.955 bits per heavy atom. The molecule has 0 radical (unpaired) electrons. The van der Waals surface area contributed by atoms with Crippen molar-refractivity contribution >= 4 is 22.0 Å². The van der Waals surface area contributed by atoms with Crippen LogP contribution in [0.2, 0.25) is 0 Å². The zero-order valence-corrected chi connectivity index (χ0v) is 14.1. The molecule has 3 nitrogen and oxygen atoms in total. The number of rotatable bonds is 0. The third-order valence-electron chi connectivity index (χ3n) is 5.80. The quantitative estimate of drug-likeness (QED) is 0.699. The van der Waals surface area contributed by atoms with Crippen LogP contribution in [0.4, 0.5) is 0 Å². The summed E-state index contributed by atoms with van der Waals surface area (Å²) in [5.41, 5.74) is 4.23. The second kappa shape index (κ2) is 4.59. The van der Waals surface area contributed by atoms with E-state index in [0.29, 0.717) is 0 Å². The zero-order chi connectivity index (χ0) is 14.8. The lowest BCUT2D eigenvalue weighted by atomic mass is 9.69. The minimum atomic E-state index is -0.311. The predicted molar refractivity (Wildman–Crippen MR) is 87.3 cm³/mol. The lowest BCUT2D eigenvalue weighted by Crippen LogP contribution is -2.41. The molecular formula is C18H19BrO3. The van der Waals surface area contributed by atoms with Crippen molar-refractivity contribution in [2.45, 2.75) is 43.3 Å². The monoisotopic (exact) mass is 362 g/mol. The second-order valence-corrected chi connectivity index (χ2v) is 7.68. The van der Waals surface area contributed by atoms with Gasteiger partial charge in [0.1, 0.15) is 5.75 Å². The number of ether oxygens (including phenoxy) is 3. The highest BCUT2D eigenvalue weighted by molar-refractivity contribution is 9.11. The Hall–Kier alpha value is -0.840. The molecule has 2 heterocycles. The van der Waals surface area contributed by atoms with Gasteiger partial charge in [-0.1, -0.05) is 15.9 Å². The summed E-state index contributed by atoms with van der Waals surface area (Å²) in [4.78, 5) is 0. The Labute approximate surface area is 138 Å². The van der Waals surface area contributed by atoms with Crippen LogP contribution in [0, 0.1) is 0 Å². The fraction of sp³-hybridized carbons (Fsp3) is 0.556. The molecule has 0 unspecified atom stereocenters. The van der Waals surface area contributed by atoms with Crippen LogP contribution in [0.3, 0.4) is 0 Å². The third kappa shape index (κ3) is 1.75. The van der Waals surface area contributed by atoms with Gasteiger partial charge in [0.25, 0.3) is 0 Å². The molecule has 2 aliphatic carbocycles. The van der Waals surface area contributed by atoms with Crippen LogP contribution < -0.4 is 4.74 Å². The van der Waals surface area contributed by atoms with E-state index >= 15 is 0 Å². The fourth-order valence-electron chi connectivity index (χ4n) is 4.53. The Bertz CT molecular complexity index is 663. The molecule has 2 fully saturated rings. The van der Waals surface area contributed by atoms with Crippen molar-refractivity contribution in [3.05, 3.63) is 33.3 Å². The lowest BCUT2D eigenvalue weighted by molar-refractivity contribution is -0.182. The Morgan fingerprint density at radius 3 is 2.50 bits per heavy atom. The molecule has 1 aromatic rings. The molecule has 1 saturated carbocycles. The molecule has 2 spiro atoms. The molecular weight excluding hydrogens is 344 g/mol. The maximum atomic E-state index is 5.90. The standard InChI is InChI=1S/C18H19BrO3/c19-16-10-13-9-12-1-6-20-15(12)11-14(13)17(16)2-4-18(5-3-17)21-7-8-22-18/h9-11H,1-8H2. The van der Waals surface area contributed by atoms with E-state index in [1.165, 1.54) is 21.2 Å². The summed E-state index contributed by atoms with van der Waals surface area (Å²) in [6.45, 7) is 2.30. The zero-order valence-electron chi connectivity index (χ0n) is 12.5. The molecule has 4 aliphatic rings. The number of hydrogen-bond donors (Lipinski definition) is 0. The van der Waals surface area contributed by atoms with Gasteiger partial charge in [0.05, 0.1) is 19.8 Å². The highest BCUT2D eigenvalue weighted by Gasteiger charge is 2.50. The first kappa shape index (κ1) is 13.6. The molecule has 1 saturated heterocycles. The van der Waals surface area contributed by atoms with E-state index in [4.69, 9.17) is 14.2 Å². The number of halogens is 1. The van der Waals surface area contributed by atoms with E-state index in [0.717, 1.165) is 57.7 Å². The van der Waals surface area contributed by atoms with Gasteiger partial charge in [-0.25, -0.2) is 0 Å². The Morgan fingerprint density at radius 2 is 1.73 bits per heavy atom. The van der Waals surface area contributed by atoms with Gasteiger partial charge in [-0.15, -0.1) is 0 Å². The first-order chi connectivity index (χ1) is 10.7. The average molecular weight is 363 g/mol. The molecule has 116 valence electrons. The van der Waals surface area contributed by atoms with Crippen molar-refractivity contribution < 1.29 is 14.2 Å². The van der Waals surface area contributed by atoms with E-state index in [-0.39, 0.29) is 11.2 Å². The first-order valence-electron chi connectivity index (χ1n) is 8.17. The van der Waals surface area contributed by atoms with Crippen molar-refractivity contribution in [3.63, 3.8) is 0 Å². The molecule has 1 aromatic carbocycles. The minimum Gasteiger partial charge on any atom is -0.493 e. The molecule has 2 aliphatic heterocycles. The summed E-state index contributed by atoms with van der Waals surface area (Å²) in [6.07, 6.45) is 7.40. The van der Waals surface area contributed by atoms with Gasteiger partial charge in [0, 0.05) is 29.2 Å². The van der Waals surface area contributed by atoms with Crippen LogP contribution in [0.1, 0.15) is 42.4 Å². The topological polar surface area (TPSA) is 27.7 Å². The SMILES string of the molecule is BrC1=Cc2cc3c(cc2C12CCC1(CC2)OCCO1)OCC3. The van der Waals surface area contributed by atoms with Crippen LogP contribution in [-0.2, 0) is 21.3 Å². The summed E-state index contributed by atoms with van der Waals surface area (Å²) in [5.74, 6) is 0.775. The van der Waals surface area contributed by atoms with E-state index in [1.54, 1.807) is 0 Å². The van der Waals surface area contributed by atoms with Crippen LogP contribution >= 0.6 is 15.9 Å². The van der Waals surface area contributed by atoms with Crippen molar-refractivity contribution in [1.29, 1.82) is 0 Å². The summed E-state index contributed by atoms with van der Waals surface area (Å²) < 4.78 is 18.9. The molecule has 0 atom stereocenters. The number of hydrogen-bond acceptors (Lipinski definition) is 3. The number of benzene rings is 1. The van der Waals surface area contributed by atoms with Crippen LogP contribution in [0.15, 0.2) is 16.6 Å². The maximum Gasteiger partial charge on any atom is 0.168 e. The van der Waals surface area contributed by atoms with Gasteiger partial charge in [-0.2, -0.15) is 0 Å². The molecule has 0 amide bonds. The minimum absolute atomic E-state index is 0.0941. The smallest absolute Gasteiger partial charge is 0.168 e. The molecule has 22 heavy (non-hydrogen) atoms. The van der Waals surface area contributed by atoms with Gasteiger partial charge in [-0.05, 0) is 47.7 Å². The van der Waals surface area contributed by atoms with Gasteiger partial charge in [-0.3, -0.25) is 0 Å². The van der Waals surface area contributed by atoms with E-state index in [1.807, 2.05) is 0 Å². The second-order valence-electron chi connectivity index (χ2n) is 6.83. The highest BCUT2D eigenvalue weighted by atomic mass is 79.9. The van der Waals surface area contributed by atoms with Crippen molar-refractivity contribution in [3.8, 4) is 5.75 Å². The predicted octanol–water partition coefficient (Wildman–Crippen LogP) is 3.93. The molecule has 0 N–H and O–H groups in total. The van der Waals surface area contributed by atoms with E-state index < -0.39 is 0 Å². The maximum absolute atomic E-state index is 5.90. The van der Waals surface area contributed by atoms with Crippen LogP contribution in [0.5, 0.6) is 5.75 Å². The summed E-state index contributed by atoms with van der Waals surface area (Å²) in [6, 6.07) is 4.61. The largest absolute Gasteiger partial charge is 0.493 e. The van der Waals surface area contributed by atoms with Gasteiger partial charge < -0.3 is 14.2 Å². The fourth-order valence-corrected chi connectivity index (χ4v) is 5.39. The number of fused-ring (bicyclic) bond motifs is 3. The van der Waals surface area contributed by atoms with Gasteiger partial charge >= 0.3 is 0 Å². The number of allylic oxidation sites excluding steroid dienone is 1. The van der Waals surface area contributed by atoms with Crippen LogP contribution in [0.25, 0.3) is 6.08 Å². The van der Waals surface area contributed by atoms with Crippen molar-refractivity contribution in [2.24, 2.45) is 0 Å². The Kier molecular flexibility index (Phi) is 2.83. The van der Waals surface area contributed by atoms with E-state index in [2.05, 4.69) is 34.1 Å². The van der Waals surface area contributed by atoms with E-state index in [9.17, 15) is 0 Å². The van der Waals surface area contributed by atoms with Gasteiger partial charge in [0.15, 0.2) is 5.79 Å². The average Bonchev–Trinajstić information content (AvgIpc) is 3.21. The molecule has 4 heteroatoms. The molecule has 0 aromatic heterocycles. The molecule has 0 bridgehead atoms. The lowest BCUT2D eigenvalue weighted by Gasteiger charge is -2.42. The summed E-state index contributed by atoms with van der Waals surface area (Å²) >= 11 is 3.86. The highest BCUT2D eigenvalue weighted by Crippen LogP contribution is 2.57. The third-order valence-corrected chi connectivity index (χ3v) is 6.78. The van der Waals surface area contributed by atoms with Gasteiger partial charge in [0.2, 0.25) is 0 Å². The first-order valence-corrected chi connectivity index (χ1v) is 8.96. The van der Waals surface area contributed by atoms with Crippen molar-refractivity contribution in [2.75, 3.05) is 19.8 Å². The van der Waals surface area contributed by atoms with Crippen molar-refractivity contribution in [1.82, 2.24) is 0 Å². The normalized spacial score (nSPS) is 26.9. The molecule has 5 rings (SSSR count).